The van der Waals surface area contributed by atoms with Gasteiger partial charge in [0.1, 0.15) is 5.49 Å². The first kappa shape index (κ1) is 19.2. The molecule has 0 amide bonds. The van der Waals surface area contributed by atoms with Crippen molar-refractivity contribution in [3.63, 3.8) is 0 Å². The Morgan fingerprint density at radius 1 is 0.655 bits per heavy atom. The van der Waals surface area contributed by atoms with E-state index in [2.05, 4.69) is 112 Å². The molecule has 0 aliphatic rings. The Kier molecular flexibility index (Phi) is 5.35. The van der Waals surface area contributed by atoms with Gasteiger partial charge in [0.2, 0.25) is 0 Å². The van der Waals surface area contributed by atoms with Crippen LogP contribution in [0, 0.1) is 0 Å². The number of pyridine rings is 1. The zero-order valence-electron chi connectivity index (χ0n) is 17.6. The summed E-state index contributed by atoms with van der Waals surface area (Å²) >= 11 is 0. The Bertz CT molecular complexity index is 1180. The fourth-order valence-corrected chi connectivity index (χ4v) is 3.90. The predicted molar refractivity (Wildman–Crippen MR) is 124 cm³/mol. The van der Waals surface area contributed by atoms with E-state index < -0.39 is 0 Å². The summed E-state index contributed by atoms with van der Waals surface area (Å²) in [6.45, 7) is 8.92. The van der Waals surface area contributed by atoms with Crippen LogP contribution < -0.4 is 5.49 Å². The minimum atomic E-state index is 0.425. The molecule has 3 aromatic carbocycles. The first-order chi connectivity index (χ1) is 14.0. The van der Waals surface area contributed by atoms with Gasteiger partial charge in [0.25, 0.3) is 0 Å². The molecule has 2 heteroatoms. The lowest BCUT2D eigenvalue weighted by Gasteiger charge is -2.16. The highest BCUT2D eigenvalue weighted by molar-refractivity contribution is 5.95. The second-order valence-corrected chi connectivity index (χ2v) is 8.18. The second-order valence-electron chi connectivity index (χ2n) is 8.18. The number of para-hydroxylation sites is 1. The van der Waals surface area contributed by atoms with Crippen LogP contribution in [0.1, 0.15) is 50.7 Å². The molecular weight excluding hydrogens is 352 g/mol. The molecule has 0 aliphatic carbocycles. The average Bonchev–Trinajstić information content (AvgIpc) is 2.73. The lowest BCUT2D eigenvalue weighted by atomic mass is 9.93. The Morgan fingerprint density at radius 2 is 1.28 bits per heavy atom. The van der Waals surface area contributed by atoms with E-state index in [9.17, 15) is 0 Å². The molecule has 1 heterocycles. The van der Waals surface area contributed by atoms with Gasteiger partial charge in [-0.2, -0.15) is 0 Å². The van der Waals surface area contributed by atoms with Crippen molar-refractivity contribution >= 4 is 16.5 Å². The Hall–Kier alpha value is -3.13. The predicted octanol–water partition coefficient (Wildman–Crippen LogP) is 7.31. The molecule has 0 fully saturated rings. The van der Waals surface area contributed by atoms with Gasteiger partial charge in [0.05, 0.1) is 5.69 Å². The smallest absolute Gasteiger partial charge is 0.131 e. The molecule has 0 bridgehead atoms. The number of fused-ring (bicyclic) bond motifs is 1. The largest absolute Gasteiger partial charge is 0.340 e. The van der Waals surface area contributed by atoms with Crippen LogP contribution in [0.3, 0.4) is 0 Å². The van der Waals surface area contributed by atoms with Crippen LogP contribution in [-0.4, -0.2) is 4.98 Å². The zero-order chi connectivity index (χ0) is 20.4. The van der Waals surface area contributed by atoms with Crippen molar-refractivity contribution in [2.75, 3.05) is 0 Å². The third kappa shape index (κ3) is 3.88. The van der Waals surface area contributed by atoms with Gasteiger partial charge < -0.3 is 4.98 Å². The van der Waals surface area contributed by atoms with Crippen LogP contribution >= 0.6 is 0 Å². The van der Waals surface area contributed by atoms with Crippen molar-refractivity contribution in [2.24, 2.45) is 4.99 Å². The second kappa shape index (κ2) is 8.08. The van der Waals surface area contributed by atoms with E-state index in [1.54, 1.807) is 0 Å². The zero-order valence-corrected chi connectivity index (χ0v) is 17.6. The van der Waals surface area contributed by atoms with Gasteiger partial charge in [-0.05, 0) is 45.9 Å². The molecule has 0 atom stereocenters. The van der Waals surface area contributed by atoms with Crippen molar-refractivity contribution < 1.29 is 0 Å². The van der Waals surface area contributed by atoms with E-state index in [0.29, 0.717) is 11.8 Å². The third-order valence-electron chi connectivity index (χ3n) is 5.43. The number of H-pyrrole nitrogens is 1. The quantitative estimate of drug-likeness (QED) is 0.384. The topological polar surface area (TPSA) is 28.1 Å². The molecule has 1 N–H and O–H groups in total. The highest BCUT2D eigenvalue weighted by Crippen LogP contribution is 2.34. The summed E-state index contributed by atoms with van der Waals surface area (Å²) in [6.07, 6.45) is 0. The maximum atomic E-state index is 5.09. The monoisotopic (exact) mass is 380 g/mol. The normalized spacial score (nSPS) is 12.3. The SMILES string of the molecule is CC(C)c1cccc(C(C)C)c1/N=c1\cccc(-c2cccc3ccccc23)[nH]1. The van der Waals surface area contributed by atoms with E-state index in [0.717, 1.165) is 16.9 Å². The summed E-state index contributed by atoms with van der Waals surface area (Å²) in [5.74, 6) is 0.849. The van der Waals surface area contributed by atoms with Gasteiger partial charge in [-0.1, -0.05) is 94.4 Å². The van der Waals surface area contributed by atoms with E-state index in [4.69, 9.17) is 4.99 Å². The number of nitrogens with one attached hydrogen (secondary N) is 1. The fourth-order valence-electron chi connectivity index (χ4n) is 3.90. The summed E-state index contributed by atoms with van der Waals surface area (Å²) in [5, 5.41) is 2.49. The Balaban J connectivity index is 1.90. The highest BCUT2D eigenvalue weighted by Gasteiger charge is 2.13. The molecule has 146 valence electrons. The summed E-state index contributed by atoms with van der Waals surface area (Å²) in [5.41, 5.74) is 6.84. The van der Waals surface area contributed by atoms with E-state index in [1.807, 2.05) is 0 Å². The Labute approximate surface area is 173 Å². The third-order valence-corrected chi connectivity index (χ3v) is 5.43. The molecule has 4 rings (SSSR count). The number of hydrogen-bond acceptors (Lipinski definition) is 1. The van der Waals surface area contributed by atoms with Crippen molar-refractivity contribution in [3.8, 4) is 11.3 Å². The average molecular weight is 381 g/mol. The summed E-state index contributed by atoms with van der Waals surface area (Å²) in [7, 11) is 0. The molecule has 29 heavy (non-hydrogen) atoms. The van der Waals surface area contributed by atoms with Crippen molar-refractivity contribution in [2.45, 2.75) is 39.5 Å². The van der Waals surface area contributed by atoms with E-state index >= 15 is 0 Å². The lowest BCUT2D eigenvalue weighted by Crippen LogP contribution is -2.08. The molecule has 0 saturated carbocycles. The first-order valence-corrected chi connectivity index (χ1v) is 10.4. The first-order valence-electron chi connectivity index (χ1n) is 10.4. The maximum Gasteiger partial charge on any atom is 0.131 e. The van der Waals surface area contributed by atoms with E-state index in [-0.39, 0.29) is 0 Å². The molecule has 2 nitrogen and oxygen atoms in total. The highest BCUT2D eigenvalue weighted by atomic mass is 14.9. The maximum absolute atomic E-state index is 5.09. The van der Waals surface area contributed by atoms with Crippen LogP contribution in [0.25, 0.3) is 22.0 Å². The standard InChI is InChI=1S/C27H28N2/c1-18(2)21-13-8-14-22(19(3)4)27(21)29-26-17-9-16-25(28-26)24-15-7-11-20-10-5-6-12-23(20)24/h5-19H,1-4H3,(H,28,29). The van der Waals surface area contributed by atoms with Crippen molar-refractivity contribution in [1.29, 1.82) is 0 Å². The molecular formula is C27H28N2. The van der Waals surface area contributed by atoms with Gasteiger partial charge in [-0.25, -0.2) is 4.99 Å². The van der Waals surface area contributed by atoms with Crippen LogP contribution in [0.4, 0.5) is 5.69 Å². The summed E-state index contributed by atoms with van der Waals surface area (Å²) in [4.78, 5) is 8.66. The fraction of sp³-hybridized carbons (Fsp3) is 0.222. The minimum Gasteiger partial charge on any atom is -0.340 e. The van der Waals surface area contributed by atoms with Gasteiger partial charge in [0.15, 0.2) is 0 Å². The number of hydrogen-bond donors (Lipinski definition) is 1. The number of benzene rings is 3. The number of nitrogens with zero attached hydrogens (tertiary/aromatic N) is 1. The van der Waals surface area contributed by atoms with Crippen molar-refractivity contribution in [3.05, 3.63) is 95.5 Å². The minimum absolute atomic E-state index is 0.425. The van der Waals surface area contributed by atoms with Gasteiger partial charge in [-0.15, -0.1) is 0 Å². The summed E-state index contributed by atoms with van der Waals surface area (Å²) < 4.78 is 0. The van der Waals surface area contributed by atoms with Crippen LogP contribution in [-0.2, 0) is 0 Å². The molecule has 0 aliphatic heterocycles. The Morgan fingerprint density at radius 3 is 2.00 bits per heavy atom. The number of aromatic amines is 1. The number of rotatable bonds is 4. The molecule has 1 aromatic heterocycles. The molecule has 4 aromatic rings. The van der Waals surface area contributed by atoms with E-state index in [1.165, 1.54) is 27.5 Å². The van der Waals surface area contributed by atoms with Gasteiger partial charge in [-0.3, -0.25) is 0 Å². The van der Waals surface area contributed by atoms with Crippen molar-refractivity contribution in [1.82, 2.24) is 4.98 Å². The van der Waals surface area contributed by atoms with Crippen LogP contribution in [0.2, 0.25) is 0 Å². The molecule has 0 unspecified atom stereocenters. The molecule has 0 radical (unpaired) electrons. The summed E-state index contributed by atoms with van der Waals surface area (Å²) in [6, 6.07) is 27.7. The number of aromatic nitrogens is 1. The van der Waals surface area contributed by atoms with Gasteiger partial charge >= 0.3 is 0 Å². The van der Waals surface area contributed by atoms with Crippen LogP contribution in [0.5, 0.6) is 0 Å². The molecule has 0 spiro atoms. The lowest BCUT2D eigenvalue weighted by molar-refractivity contribution is 0.831. The van der Waals surface area contributed by atoms with Gasteiger partial charge in [0, 0.05) is 11.3 Å². The van der Waals surface area contributed by atoms with Crippen LogP contribution in [0.15, 0.2) is 83.9 Å². The molecule has 0 saturated heterocycles.